The number of aromatic nitrogens is 1. The van der Waals surface area contributed by atoms with Gasteiger partial charge in [-0.15, -0.1) is 0 Å². The number of hydrogen-bond donors (Lipinski definition) is 2. The van der Waals surface area contributed by atoms with E-state index in [0.717, 1.165) is 49.2 Å². The van der Waals surface area contributed by atoms with Crippen LogP contribution in [0.15, 0.2) is 41.7 Å². The summed E-state index contributed by atoms with van der Waals surface area (Å²) in [5.74, 6) is 1.39. The minimum absolute atomic E-state index is 0.143. The second kappa shape index (κ2) is 11.1. The van der Waals surface area contributed by atoms with Crippen molar-refractivity contribution in [2.45, 2.75) is 52.4 Å². The zero-order valence-corrected chi connectivity index (χ0v) is 18.3. The first-order chi connectivity index (χ1) is 14.6. The first-order valence-electron chi connectivity index (χ1n) is 11.3. The number of carbonyl (C=O) groups is 1. The number of piperidine rings is 1. The van der Waals surface area contributed by atoms with Crippen LogP contribution in [0.5, 0.6) is 0 Å². The molecule has 1 fully saturated rings. The average Bonchev–Trinajstić information content (AvgIpc) is 2.77. The maximum absolute atomic E-state index is 12.5. The van der Waals surface area contributed by atoms with E-state index in [1.165, 1.54) is 25.7 Å². The molecule has 1 aromatic heterocycles. The number of hydrogen-bond acceptors (Lipinski definition) is 3. The second-order valence-corrected chi connectivity index (χ2v) is 8.36. The molecule has 2 atom stereocenters. The summed E-state index contributed by atoms with van der Waals surface area (Å²) in [6.07, 6.45) is 10.6. The number of rotatable bonds is 8. The molecule has 0 bridgehead atoms. The number of amidine groups is 1. The van der Waals surface area contributed by atoms with Gasteiger partial charge in [0.15, 0.2) is 0 Å². The van der Waals surface area contributed by atoms with Crippen LogP contribution in [-0.4, -0.2) is 41.4 Å². The van der Waals surface area contributed by atoms with Gasteiger partial charge in [-0.3, -0.25) is 4.98 Å². The molecule has 1 aromatic carbocycles. The van der Waals surface area contributed by atoms with E-state index in [1.54, 1.807) is 12.4 Å². The molecule has 0 spiro atoms. The quantitative estimate of drug-likeness (QED) is 0.472. The molecule has 1 aliphatic heterocycles. The maximum Gasteiger partial charge on any atom is 0.347 e. The van der Waals surface area contributed by atoms with Gasteiger partial charge in [0, 0.05) is 30.2 Å². The van der Waals surface area contributed by atoms with Crippen molar-refractivity contribution < 1.29 is 4.79 Å². The number of carbonyl (C=O) groups excluding carboxylic acids is 1. The van der Waals surface area contributed by atoms with E-state index in [4.69, 9.17) is 5.73 Å². The van der Waals surface area contributed by atoms with Gasteiger partial charge in [-0.05, 0) is 55.8 Å². The Hall–Kier alpha value is -2.47. The molecule has 1 saturated heterocycles. The van der Waals surface area contributed by atoms with E-state index in [2.05, 4.69) is 34.0 Å². The van der Waals surface area contributed by atoms with Crippen molar-refractivity contribution in [1.29, 1.82) is 0 Å². The van der Waals surface area contributed by atoms with E-state index in [1.807, 2.05) is 24.3 Å². The second-order valence-electron chi connectivity index (χ2n) is 8.36. The number of aliphatic imine (C=N–C) groups is 1. The van der Waals surface area contributed by atoms with Crippen molar-refractivity contribution >= 4 is 28.3 Å². The van der Waals surface area contributed by atoms with Gasteiger partial charge in [-0.1, -0.05) is 45.2 Å². The van der Waals surface area contributed by atoms with Crippen LogP contribution in [-0.2, 0) is 0 Å². The molecule has 1 aliphatic rings. The fraction of sp³-hybridized carbons (Fsp3) is 0.542. The molecule has 6 heteroatoms. The molecule has 1 unspecified atom stereocenters. The van der Waals surface area contributed by atoms with E-state index in [0.29, 0.717) is 11.5 Å². The van der Waals surface area contributed by atoms with Crippen molar-refractivity contribution in [3.05, 3.63) is 36.7 Å². The number of amides is 2. The molecule has 2 heterocycles. The summed E-state index contributed by atoms with van der Waals surface area (Å²) in [6.45, 7) is 7.66. The fourth-order valence-corrected chi connectivity index (χ4v) is 4.40. The van der Waals surface area contributed by atoms with Crippen molar-refractivity contribution in [3.8, 4) is 0 Å². The minimum atomic E-state index is -0.421. The predicted molar refractivity (Wildman–Crippen MR) is 125 cm³/mol. The van der Waals surface area contributed by atoms with Gasteiger partial charge in [-0.2, -0.15) is 4.99 Å². The van der Waals surface area contributed by atoms with E-state index >= 15 is 0 Å². The maximum atomic E-state index is 12.5. The highest BCUT2D eigenvalue weighted by Crippen LogP contribution is 2.23. The zero-order chi connectivity index (χ0) is 21.3. The Morgan fingerprint density at radius 2 is 2.20 bits per heavy atom. The van der Waals surface area contributed by atoms with Crippen molar-refractivity contribution in [3.63, 3.8) is 0 Å². The van der Waals surface area contributed by atoms with Crippen molar-refractivity contribution in [2.75, 3.05) is 25.0 Å². The molecule has 2 amide bonds. The molecule has 0 radical (unpaired) electrons. The highest BCUT2D eigenvalue weighted by atomic mass is 16.2. The molecule has 0 aliphatic carbocycles. The monoisotopic (exact) mass is 409 g/mol. The number of fused-ring (bicyclic) bond motifs is 1. The van der Waals surface area contributed by atoms with Crippen LogP contribution in [0.25, 0.3) is 10.8 Å². The predicted octanol–water partition coefficient (Wildman–Crippen LogP) is 5.05. The molecule has 3 N–H and O–H groups in total. The van der Waals surface area contributed by atoms with Crippen molar-refractivity contribution in [1.82, 2.24) is 9.88 Å². The minimum Gasteiger partial charge on any atom is -0.387 e. The molecule has 2 aromatic rings. The highest BCUT2D eigenvalue weighted by Gasteiger charge is 2.23. The number of nitrogens with one attached hydrogen (secondary N) is 1. The summed E-state index contributed by atoms with van der Waals surface area (Å²) < 4.78 is 0. The Balaban J connectivity index is 1.58. The van der Waals surface area contributed by atoms with Gasteiger partial charge < -0.3 is 16.0 Å². The first-order valence-corrected chi connectivity index (χ1v) is 11.3. The Morgan fingerprint density at radius 3 is 3.00 bits per heavy atom. The molecular weight excluding hydrogens is 374 g/mol. The van der Waals surface area contributed by atoms with Gasteiger partial charge in [0.25, 0.3) is 0 Å². The first kappa shape index (κ1) is 22.2. The number of likely N-dealkylation sites (tertiary alicyclic amines) is 1. The van der Waals surface area contributed by atoms with Crippen LogP contribution < -0.4 is 11.1 Å². The Kier molecular flexibility index (Phi) is 8.20. The van der Waals surface area contributed by atoms with Gasteiger partial charge >= 0.3 is 6.03 Å². The number of pyridine rings is 1. The van der Waals surface area contributed by atoms with Crippen LogP contribution in [0, 0.1) is 11.8 Å². The number of nitrogens with two attached hydrogens (primary N) is 1. The highest BCUT2D eigenvalue weighted by molar-refractivity contribution is 6.05. The van der Waals surface area contributed by atoms with Gasteiger partial charge in [0.05, 0.1) is 5.69 Å². The van der Waals surface area contributed by atoms with E-state index in [-0.39, 0.29) is 5.92 Å². The van der Waals surface area contributed by atoms with Gasteiger partial charge in [-0.25, -0.2) is 4.79 Å². The number of benzene rings is 1. The third-order valence-corrected chi connectivity index (χ3v) is 6.21. The Labute approximate surface area is 180 Å². The molecule has 6 nitrogen and oxygen atoms in total. The lowest BCUT2D eigenvalue weighted by atomic mass is 9.94. The summed E-state index contributed by atoms with van der Waals surface area (Å²) in [5.41, 5.74) is 6.96. The van der Waals surface area contributed by atoms with Crippen LogP contribution in [0.1, 0.15) is 52.4 Å². The molecule has 30 heavy (non-hydrogen) atoms. The average molecular weight is 410 g/mol. The molecule has 162 valence electrons. The van der Waals surface area contributed by atoms with Crippen molar-refractivity contribution in [2.24, 2.45) is 22.6 Å². The Bertz CT molecular complexity index is 860. The van der Waals surface area contributed by atoms with Crippen LogP contribution >= 0.6 is 0 Å². The summed E-state index contributed by atoms with van der Waals surface area (Å²) in [5, 5.41) is 4.78. The lowest BCUT2D eigenvalue weighted by molar-refractivity contribution is 0.188. The van der Waals surface area contributed by atoms with Crippen LogP contribution in [0.4, 0.5) is 10.5 Å². The SMILES string of the molecule is CCCC(CC)CCN1CCC[C@H](/C(N)=N/C(=O)Nc2cccc3ccncc23)C1. The summed E-state index contributed by atoms with van der Waals surface area (Å²) in [4.78, 5) is 23.3. The van der Waals surface area contributed by atoms with E-state index in [9.17, 15) is 4.79 Å². The summed E-state index contributed by atoms with van der Waals surface area (Å²) >= 11 is 0. The number of anilines is 1. The molecule has 3 rings (SSSR count). The standard InChI is InChI=1S/C24H35N5O/c1-3-7-18(4-2)12-15-29-14-6-9-20(17-29)23(25)28-24(30)27-22-10-5-8-19-11-13-26-16-21(19)22/h5,8,10-11,13,16,18,20H,3-4,6-7,9,12,14-15,17H2,1-2H3,(H3,25,27,28,30)/t18?,20-/m0/s1. The topological polar surface area (TPSA) is 83.6 Å². The fourth-order valence-electron chi connectivity index (χ4n) is 4.40. The zero-order valence-electron chi connectivity index (χ0n) is 18.3. The van der Waals surface area contributed by atoms with Gasteiger partial charge in [0.1, 0.15) is 5.84 Å². The third kappa shape index (κ3) is 6.02. The van der Waals surface area contributed by atoms with Gasteiger partial charge in [0.2, 0.25) is 0 Å². The normalized spacial score (nSPS) is 19.0. The lowest BCUT2D eigenvalue weighted by Crippen LogP contribution is -2.42. The smallest absolute Gasteiger partial charge is 0.347 e. The largest absolute Gasteiger partial charge is 0.387 e. The van der Waals surface area contributed by atoms with Crippen LogP contribution in [0.3, 0.4) is 0 Å². The van der Waals surface area contributed by atoms with Crippen LogP contribution in [0.2, 0.25) is 0 Å². The molecular formula is C24H35N5O. The third-order valence-electron chi connectivity index (χ3n) is 6.21. The number of nitrogens with zero attached hydrogens (tertiary/aromatic N) is 3. The summed E-state index contributed by atoms with van der Waals surface area (Å²) in [6, 6.07) is 7.26. The molecule has 0 saturated carbocycles. The van der Waals surface area contributed by atoms with E-state index < -0.39 is 6.03 Å². The summed E-state index contributed by atoms with van der Waals surface area (Å²) in [7, 11) is 0. The Morgan fingerprint density at radius 1 is 1.33 bits per heavy atom. The number of urea groups is 1. The lowest BCUT2D eigenvalue weighted by Gasteiger charge is -2.33.